The fourth-order valence-electron chi connectivity index (χ4n) is 3.44. The van der Waals surface area contributed by atoms with Crippen LogP contribution in [0.5, 0.6) is 0 Å². The molecule has 8 heteroatoms. The molecule has 1 saturated heterocycles. The van der Waals surface area contributed by atoms with Crippen molar-refractivity contribution in [3.05, 3.63) is 65.5 Å². The first-order chi connectivity index (χ1) is 14.0. The predicted molar refractivity (Wildman–Crippen MR) is 116 cm³/mol. The van der Waals surface area contributed by atoms with Crippen molar-refractivity contribution in [1.29, 1.82) is 0 Å². The van der Waals surface area contributed by atoms with Crippen molar-refractivity contribution in [2.45, 2.75) is 19.3 Å². The summed E-state index contributed by atoms with van der Waals surface area (Å²) in [6, 6.07) is 8.08. The molecular weight excluding hydrogens is 387 g/mol. The average molecular weight is 409 g/mol. The van der Waals surface area contributed by atoms with Gasteiger partial charge < -0.3 is 4.90 Å². The van der Waals surface area contributed by atoms with Crippen LogP contribution in [0.4, 0.5) is 5.69 Å². The van der Waals surface area contributed by atoms with E-state index in [4.69, 9.17) is 19.4 Å². The Hall–Kier alpha value is -2.80. The van der Waals surface area contributed by atoms with Crippen molar-refractivity contribution < 1.29 is 9.59 Å². The highest BCUT2D eigenvalue weighted by Gasteiger charge is 2.22. The van der Waals surface area contributed by atoms with E-state index in [2.05, 4.69) is 27.3 Å². The Morgan fingerprint density at radius 3 is 2.62 bits per heavy atom. The zero-order chi connectivity index (χ0) is 20.8. The first kappa shape index (κ1) is 20.9. The smallest absolute Gasteiger partial charge is 0.271 e. The number of pyridine rings is 1. The molecule has 0 spiro atoms. The van der Waals surface area contributed by atoms with Crippen molar-refractivity contribution in [3.63, 3.8) is 0 Å². The van der Waals surface area contributed by atoms with Crippen molar-refractivity contribution in [3.8, 4) is 0 Å². The van der Waals surface area contributed by atoms with Gasteiger partial charge >= 0.3 is 0 Å². The highest BCUT2D eigenvalue weighted by Crippen LogP contribution is 2.27. The van der Waals surface area contributed by atoms with Crippen LogP contribution in [0.25, 0.3) is 0 Å². The minimum atomic E-state index is -0.482. The number of hydrogen-bond donors (Lipinski definition) is 2. The average Bonchev–Trinajstić information content (AvgIpc) is 2.72. The zero-order valence-corrected chi connectivity index (χ0v) is 16.8. The lowest BCUT2D eigenvalue weighted by atomic mass is 9.90. The third-order valence-corrected chi connectivity index (χ3v) is 5.21. The second-order valence-electron chi connectivity index (χ2n) is 7.01. The molecule has 29 heavy (non-hydrogen) atoms. The molecule has 0 saturated carbocycles. The summed E-state index contributed by atoms with van der Waals surface area (Å²) in [5.41, 5.74) is 6.97. The van der Waals surface area contributed by atoms with Crippen LogP contribution >= 0.6 is 11.6 Å². The van der Waals surface area contributed by atoms with E-state index in [1.807, 2.05) is 6.08 Å². The predicted octanol–water partition coefficient (Wildman–Crippen LogP) is 2.40. The number of nitrogens with one attached hydrogen (secondary N) is 2. The fraction of sp³-hybridized carbons (Fsp3) is 0.286. The van der Waals surface area contributed by atoms with Crippen LogP contribution in [0.1, 0.15) is 40.0 Å². The molecule has 1 aromatic heterocycles. The summed E-state index contributed by atoms with van der Waals surface area (Å²) in [5.74, 6) is -0.278. The molecule has 0 atom stereocenters. The SMILES string of the molecule is [B]c1ccc(C(=O)NNC(=O)c2ccnc(Cl)c2)c(N2CCC(CC=C)CC2)c1. The van der Waals surface area contributed by atoms with Gasteiger partial charge in [-0.2, -0.15) is 0 Å². The number of carbonyl (C=O) groups excluding carboxylic acids is 2. The van der Waals surface area contributed by atoms with Gasteiger partial charge in [0.1, 0.15) is 13.0 Å². The number of aromatic nitrogens is 1. The van der Waals surface area contributed by atoms with Crippen molar-refractivity contribution >= 4 is 42.4 Å². The van der Waals surface area contributed by atoms with E-state index < -0.39 is 11.8 Å². The third kappa shape index (κ3) is 5.38. The number of anilines is 1. The number of amides is 2. The number of allylic oxidation sites excluding steroid dienone is 1. The van der Waals surface area contributed by atoms with Gasteiger partial charge in [-0.1, -0.05) is 29.2 Å². The second kappa shape index (κ2) is 9.61. The second-order valence-corrected chi connectivity index (χ2v) is 7.39. The molecule has 2 heterocycles. The number of halogens is 1. The molecule has 2 aromatic rings. The maximum atomic E-state index is 12.7. The van der Waals surface area contributed by atoms with E-state index in [-0.39, 0.29) is 5.15 Å². The Bertz CT molecular complexity index is 913. The largest absolute Gasteiger partial charge is 0.371 e. The van der Waals surface area contributed by atoms with Gasteiger partial charge in [0.15, 0.2) is 0 Å². The number of rotatable bonds is 5. The molecule has 0 unspecified atom stereocenters. The van der Waals surface area contributed by atoms with Crippen LogP contribution in [-0.4, -0.2) is 37.7 Å². The van der Waals surface area contributed by atoms with Gasteiger partial charge in [0.25, 0.3) is 11.8 Å². The Balaban J connectivity index is 1.69. The van der Waals surface area contributed by atoms with Crippen LogP contribution in [0, 0.1) is 5.92 Å². The maximum Gasteiger partial charge on any atom is 0.271 e. The van der Waals surface area contributed by atoms with E-state index in [1.54, 1.807) is 18.2 Å². The molecule has 1 fully saturated rings. The molecular formula is C21H22BClN4O2. The molecule has 0 bridgehead atoms. The highest BCUT2D eigenvalue weighted by molar-refractivity contribution is 6.33. The summed E-state index contributed by atoms with van der Waals surface area (Å²) >= 11 is 5.80. The van der Waals surface area contributed by atoms with E-state index in [0.29, 0.717) is 22.5 Å². The molecule has 1 aliphatic rings. The normalized spacial score (nSPS) is 14.3. The number of hydrogen-bond acceptors (Lipinski definition) is 4. The van der Waals surface area contributed by atoms with E-state index in [9.17, 15) is 9.59 Å². The van der Waals surface area contributed by atoms with Crippen LogP contribution in [-0.2, 0) is 0 Å². The van der Waals surface area contributed by atoms with E-state index in [0.717, 1.165) is 38.0 Å². The topological polar surface area (TPSA) is 74.3 Å². The molecule has 2 N–H and O–H groups in total. The lowest BCUT2D eigenvalue weighted by Crippen LogP contribution is -2.43. The molecule has 6 nitrogen and oxygen atoms in total. The maximum absolute atomic E-state index is 12.7. The van der Waals surface area contributed by atoms with Crippen molar-refractivity contribution in [2.24, 2.45) is 5.92 Å². The van der Waals surface area contributed by atoms with Crippen LogP contribution in [0.3, 0.4) is 0 Å². The zero-order valence-electron chi connectivity index (χ0n) is 16.0. The quantitative estimate of drug-likeness (QED) is 0.345. The molecule has 1 aromatic carbocycles. The van der Waals surface area contributed by atoms with Gasteiger partial charge in [-0.15, -0.1) is 6.58 Å². The van der Waals surface area contributed by atoms with Crippen LogP contribution < -0.4 is 21.2 Å². The van der Waals surface area contributed by atoms with E-state index >= 15 is 0 Å². The Labute approximate surface area is 176 Å². The fourth-order valence-corrected chi connectivity index (χ4v) is 3.62. The van der Waals surface area contributed by atoms with Crippen LogP contribution in [0.15, 0.2) is 49.2 Å². The van der Waals surface area contributed by atoms with Crippen molar-refractivity contribution in [1.82, 2.24) is 15.8 Å². The lowest BCUT2D eigenvalue weighted by molar-refractivity contribution is 0.0847. The Morgan fingerprint density at radius 1 is 1.21 bits per heavy atom. The van der Waals surface area contributed by atoms with Gasteiger partial charge in [0.2, 0.25) is 0 Å². The molecule has 3 rings (SSSR count). The van der Waals surface area contributed by atoms with Crippen molar-refractivity contribution in [2.75, 3.05) is 18.0 Å². The standard InChI is InChI=1S/C21H22BClN4O2/c1-2-3-14-7-10-27(11-8-14)18-13-16(22)4-5-17(18)21(29)26-25-20(28)15-6-9-24-19(23)12-15/h2,4-6,9,12-14H,1,3,7-8,10-11H2,(H,25,28)(H,26,29). The van der Waals surface area contributed by atoms with Gasteiger partial charge in [-0.3, -0.25) is 20.4 Å². The number of carbonyl (C=O) groups is 2. The molecule has 0 aliphatic carbocycles. The minimum absolute atomic E-state index is 0.199. The van der Waals surface area contributed by atoms with Crippen LogP contribution in [0.2, 0.25) is 5.15 Å². The highest BCUT2D eigenvalue weighted by atomic mass is 35.5. The first-order valence-corrected chi connectivity index (χ1v) is 9.83. The summed E-state index contributed by atoms with van der Waals surface area (Å²) in [6.07, 6.45) is 6.44. The number of nitrogens with zero attached hydrogens (tertiary/aromatic N) is 2. The van der Waals surface area contributed by atoms with Gasteiger partial charge in [-0.05, 0) is 49.4 Å². The number of hydrazine groups is 1. The molecule has 2 amide bonds. The Kier molecular flexibility index (Phi) is 6.93. The van der Waals surface area contributed by atoms with E-state index in [1.165, 1.54) is 18.3 Å². The summed E-state index contributed by atoms with van der Waals surface area (Å²) in [7, 11) is 5.96. The Morgan fingerprint density at radius 2 is 1.93 bits per heavy atom. The lowest BCUT2D eigenvalue weighted by Gasteiger charge is -2.34. The summed E-state index contributed by atoms with van der Waals surface area (Å²) in [4.78, 5) is 31.0. The van der Waals surface area contributed by atoms with Gasteiger partial charge in [0, 0.05) is 30.5 Å². The summed E-state index contributed by atoms with van der Waals surface area (Å²) in [5, 5.41) is 0.199. The van der Waals surface area contributed by atoms with Gasteiger partial charge in [0.05, 0.1) is 5.56 Å². The minimum Gasteiger partial charge on any atom is -0.371 e. The van der Waals surface area contributed by atoms with Gasteiger partial charge in [-0.25, -0.2) is 4.98 Å². The summed E-state index contributed by atoms with van der Waals surface area (Å²) < 4.78 is 0. The molecule has 1 aliphatic heterocycles. The number of benzene rings is 1. The monoisotopic (exact) mass is 408 g/mol. The summed E-state index contributed by atoms with van der Waals surface area (Å²) in [6.45, 7) is 5.49. The molecule has 148 valence electrons. The number of piperidine rings is 1. The molecule has 2 radical (unpaired) electrons. The first-order valence-electron chi connectivity index (χ1n) is 9.45. The third-order valence-electron chi connectivity index (χ3n) is 5.00.